The SMILES string of the molecule is Cc1ccc2nc(Cl)c(C3C4=C(CC(C)(C)CC4=O)n4c(=O)c5ccccc5c(=O)n43)cc2c1. The first-order valence-corrected chi connectivity index (χ1v) is 11.6. The Bertz CT molecular complexity index is 1730. The molecular weight excluding hydrogens is 450 g/mol. The largest absolute Gasteiger partial charge is 0.294 e. The van der Waals surface area contributed by atoms with E-state index in [1.807, 2.05) is 45.0 Å². The molecule has 1 atom stereocenters. The Hall–Kier alpha value is -3.51. The van der Waals surface area contributed by atoms with Crippen molar-refractivity contribution in [2.24, 2.45) is 5.41 Å². The van der Waals surface area contributed by atoms with Crippen molar-refractivity contribution in [1.82, 2.24) is 14.3 Å². The zero-order chi connectivity index (χ0) is 23.9. The quantitative estimate of drug-likeness (QED) is 0.371. The van der Waals surface area contributed by atoms with Crippen LogP contribution < -0.4 is 11.1 Å². The number of fused-ring (bicyclic) bond motifs is 4. The van der Waals surface area contributed by atoms with Crippen molar-refractivity contribution < 1.29 is 4.79 Å². The normalized spacial score (nSPS) is 19.1. The summed E-state index contributed by atoms with van der Waals surface area (Å²) in [4.78, 5) is 45.6. The number of aryl methyl sites for hydroxylation is 1. The number of carbonyl (C=O) groups excluding carboxylic acids is 1. The molecule has 0 fully saturated rings. The van der Waals surface area contributed by atoms with Crippen LogP contribution in [0.3, 0.4) is 0 Å². The third-order valence-corrected chi connectivity index (χ3v) is 7.22. The molecule has 6 rings (SSSR count). The lowest BCUT2D eigenvalue weighted by atomic mass is 9.74. The number of hydrogen-bond donors (Lipinski definition) is 0. The van der Waals surface area contributed by atoms with Crippen LogP contribution in [0.25, 0.3) is 27.4 Å². The van der Waals surface area contributed by atoms with Gasteiger partial charge in [-0.25, -0.2) is 14.3 Å². The van der Waals surface area contributed by atoms with Gasteiger partial charge in [-0.05, 0) is 49.1 Å². The summed E-state index contributed by atoms with van der Waals surface area (Å²) in [5.41, 5.74) is 2.40. The molecule has 4 aromatic rings. The fourth-order valence-electron chi connectivity index (χ4n) is 5.46. The number of benzene rings is 2. The molecule has 34 heavy (non-hydrogen) atoms. The third kappa shape index (κ3) is 2.88. The highest BCUT2D eigenvalue weighted by Crippen LogP contribution is 2.48. The predicted molar refractivity (Wildman–Crippen MR) is 133 cm³/mol. The van der Waals surface area contributed by atoms with E-state index >= 15 is 0 Å². The first kappa shape index (κ1) is 21.1. The van der Waals surface area contributed by atoms with E-state index in [0.29, 0.717) is 40.4 Å². The minimum Gasteiger partial charge on any atom is -0.294 e. The molecular formula is C27H22ClN3O3. The van der Waals surface area contributed by atoms with Crippen LogP contribution in [0.15, 0.2) is 63.7 Å². The molecule has 2 aromatic heterocycles. The maximum atomic E-state index is 13.8. The number of pyridine rings is 1. The summed E-state index contributed by atoms with van der Waals surface area (Å²) in [6.45, 7) is 6.00. The number of allylic oxidation sites excluding steroid dienone is 2. The van der Waals surface area contributed by atoms with Gasteiger partial charge in [-0.15, -0.1) is 0 Å². The van der Waals surface area contributed by atoms with Gasteiger partial charge in [0.15, 0.2) is 5.78 Å². The molecule has 0 amide bonds. The van der Waals surface area contributed by atoms with E-state index in [9.17, 15) is 14.4 Å². The van der Waals surface area contributed by atoms with Crippen molar-refractivity contribution in [3.05, 3.63) is 91.1 Å². The monoisotopic (exact) mass is 471 g/mol. The second kappa shape index (κ2) is 7.00. The number of nitrogens with zero attached hydrogens (tertiary/aromatic N) is 3. The lowest BCUT2D eigenvalue weighted by Gasteiger charge is -2.30. The van der Waals surface area contributed by atoms with E-state index in [2.05, 4.69) is 4.98 Å². The molecule has 2 aliphatic rings. The van der Waals surface area contributed by atoms with Crippen molar-refractivity contribution >= 4 is 44.8 Å². The van der Waals surface area contributed by atoms with Crippen molar-refractivity contribution in [2.45, 2.75) is 39.7 Å². The molecule has 0 bridgehead atoms. The summed E-state index contributed by atoms with van der Waals surface area (Å²) in [6.07, 6.45) is 0.830. The maximum absolute atomic E-state index is 13.8. The lowest BCUT2D eigenvalue weighted by molar-refractivity contribution is -0.118. The molecule has 3 heterocycles. The molecule has 0 spiro atoms. The summed E-state index contributed by atoms with van der Waals surface area (Å²) in [5.74, 6) is -0.0734. The Morgan fingerprint density at radius 1 is 0.971 bits per heavy atom. The van der Waals surface area contributed by atoms with Crippen LogP contribution in [0.4, 0.5) is 0 Å². The van der Waals surface area contributed by atoms with Crippen LogP contribution in [-0.2, 0) is 4.79 Å². The summed E-state index contributed by atoms with van der Waals surface area (Å²) >= 11 is 6.69. The summed E-state index contributed by atoms with van der Waals surface area (Å²) in [5, 5.41) is 1.73. The predicted octanol–water partition coefficient (Wildman–Crippen LogP) is 4.88. The first-order chi connectivity index (χ1) is 16.2. The van der Waals surface area contributed by atoms with Gasteiger partial charge in [0, 0.05) is 22.9 Å². The molecule has 2 aromatic carbocycles. The van der Waals surface area contributed by atoms with Gasteiger partial charge in [0.25, 0.3) is 11.1 Å². The molecule has 6 nitrogen and oxygen atoms in total. The molecule has 0 saturated heterocycles. The van der Waals surface area contributed by atoms with E-state index in [4.69, 9.17) is 11.6 Å². The van der Waals surface area contributed by atoms with Gasteiger partial charge in [-0.3, -0.25) is 14.4 Å². The highest BCUT2D eigenvalue weighted by molar-refractivity contribution is 6.30. The van der Waals surface area contributed by atoms with E-state index in [1.165, 1.54) is 9.36 Å². The molecule has 1 unspecified atom stereocenters. The van der Waals surface area contributed by atoms with Crippen molar-refractivity contribution in [1.29, 1.82) is 0 Å². The number of ketones is 1. The average Bonchev–Trinajstić information content (AvgIpc) is 3.11. The maximum Gasteiger partial charge on any atom is 0.277 e. The number of hydrogen-bond acceptors (Lipinski definition) is 4. The molecule has 0 radical (unpaired) electrons. The van der Waals surface area contributed by atoms with Gasteiger partial charge < -0.3 is 0 Å². The fraction of sp³-hybridized carbons (Fsp3) is 0.259. The average molecular weight is 472 g/mol. The Kier molecular flexibility index (Phi) is 4.33. The minimum absolute atomic E-state index is 0.0734. The van der Waals surface area contributed by atoms with Gasteiger partial charge in [0.2, 0.25) is 0 Å². The van der Waals surface area contributed by atoms with Crippen LogP contribution in [0, 0.1) is 12.3 Å². The van der Waals surface area contributed by atoms with E-state index in [-0.39, 0.29) is 27.5 Å². The number of aromatic nitrogens is 3. The summed E-state index contributed by atoms with van der Waals surface area (Å²) in [7, 11) is 0. The molecule has 170 valence electrons. The highest BCUT2D eigenvalue weighted by Gasteiger charge is 2.45. The lowest BCUT2D eigenvalue weighted by Crippen LogP contribution is -2.37. The smallest absolute Gasteiger partial charge is 0.277 e. The topological polar surface area (TPSA) is 74.0 Å². The Morgan fingerprint density at radius 3 is 2.41 bits per heavy atom. The van der Waals surface area contributed by atoms with E-state index < -0.39 is 6.04 Å². The van der Waals surface area contributed by atoms with Crippen molar-refractivity contribution in [3.8, 4) is 0 Å². The van der Waals surface area contributed by atoms with Crippen molar-refractivity contribution in [3.63, 3.8) is 0 Å². The van der Waals surface area contributed by atoms with Gasteiger partial charge in [0.1, 0.15) is 11.2 Å². The first-order valence-electron chi connectivity index (χ1n) is 11.3. The van der Waals surface area contributed by atoms with Gasteiger partial charge in [-0.1, -0.05) is 49.2 Å². The zero-order valence-corrected chi connectivity index (χ0v) is 19.8. The van der Waals surface area contributed by atoms with E-state index in [1.54, 1.807) is 24.3 Å². The second-order valence-corrected chi connectivity index (χ2v) is 10.4. The van der Waals surface area contributed by atoms with E-state index in [0.717, 1.165) is 16.5 Å². The van der Waals surface area contributed by atoms with Gasteiger partial charge in [0.05, 0.1) is 22.0 Å². The zero-order valence-electron chi connectivity index (χ0n) is 19.1. The standard InChI is InChI=1S/C27H22ClN3O3/c1-14-8-9-19-15(10-14)11-18(24(28)29-19)23-22-20(12-27(2,3)13-21(22)32)30-25(33)16-6-4-5-7-17(16)26(34)31(23)30/h4-11,23H,12-13H2,1-3H3. The number of carbonyl (C=O) groups is 1. The number of Topliss-reactive ketones (excluding diaryl/α,β-unsaturated/α-hetero) is 1. The van der Waals surface area contributed by atoms with Crippen LogP contribution in [0.1, 0.15) is 43.9 Å². The molecule has 0 saturated carbocycles. The van der Waals surface area contributed by atoms with Crippen LogP contribution in [0.2, 0.25) is 5.15 Å². The Balaban J connectivity index is 1.75. The molecule has 7 heteroatoms. The Morgan fingerprint density at radius 2 is 1.68 bits per heavy atom. The van der Waals surface area contributed by atoms with Gasteiger partial charge in [-0.2, -0.15) is 0 Å². The summed E-state index contributed by atoms with van der Waals surface area (Å²) < 4.78 is 2.83. The van der Waals surface area contributed by atoms with Crippen LogP contribution >= 0.6 is 11.6 Å². The Labute approximate surface area is 200 Å². The molecule has 1 aliphatic heterocycles. The van der Waals surface area contributed by atoms with Crippen LogP contribution in [-0.4, -0.2) is 20.1 Å². The van der Waals surface area contributed by atoms with Crippen molar-refractivity contribution in [2.75, 3.05) is 0 Å². The minimum atomic E-state index is -0.812. The summed E-state index contributed by atoms with van der Waals surface area (Å²) in [6, 6.07) is 13.7. The fourth-order valence-corrected chi connectivity index (χ4v) is 5.71. The molecule has 0 N–H and O–H groups in total. The second-order valence-electron chi connectivity index (χ2n) is 10.1. The van der Waals surface area contributed by atoms with Crippen LogP contribution in [0.5, 0.6) is 0 Å². The number of rotatable bonds is 1. The number of halogens is 1. The highest BCUT2D eigenvalue weighted by atomic mass is 35.5. The molecule has 1 aliphatic carbocycles. The van der Waals surface area contributed by atoms with Gasteiger partial charge >= 0.3 is 0 Å². The third-order valence-electron chi connectivity index (χ3n) is 6.92.